The van der Waals surface area contributed by atoms with Crippen LogP contribution in [-0.4, -0.2) is 18.8 Å². The minimum Gasteiger partial charge on any atom is -0.465 e. The second-order valence-corrected chi connectivity index (χ2v) is 7.08. The number of halogens is 1. The van der Waals surface area contributed by atoms with E-state index in [1.807, 2.05) is 0 Å². The lowest BCUT2D eigenvalue weighted by atomic mass is 10.3. The van der Waals surface area contributed by atoms with Crippen LogP contribution in [0.1, 0.15) is 24.4 Å². The lowest BCUT2D eigenvalue weighted by Gasteiger charge is -2.21. The molecule has 0 saturated heterocycles. The Bertz CT molecular complexity index is 750. The van der Waals surface area contributed by atoms with Crippen LogP contribution in [0.4, 0.5) is 4.39 Å². The van der Waals surface area contributed by atoms with Gasteiger partial charge in [0.2, 0.25) is 10.0 Å². The van der Waals surface area contributed by atoms with Crippen molar-refractivity contribution in [2.75, 3.05) is 0 Å². The highest BCUT2D eigenvalue weighted by Crippen LogP contribution is 2.34. The van der Waals surface area contributed by atoms with Crippen molar-refractivity contribution in [1.29, 1.82) is 0 Å². The summed E-state index contributed by atoms with van der Waals surface area (Å²) in [5.74, 6) is 0.571. The molecule has 3 rings (SSSR count). The number of nitrogens with zero attached hydrogens (tertiary/aromatic N) is 1. The molecule has 1 fully saturated rings. The molecule has 1 aromatic heterocycles. The molecule has 6 heteroatoms. The zero-order valence-corrected chi connectivity index (χ0v) is 12.4. The Morgan fingerprint density at radius 2 is 1.95 bits per heavy atom. The molecule has 1 saturated carbocycles. The van der Waals surface area contributed by atoms with Crippen LogP contribution in [0.15, 0.2) is 45.7 Å². The van der Waals surface area contributed by atoms with Gasteiger partial charge in [-0.3, -0.25) is 0 Å². The SMILES string of the molecule is Cc1ccc(CN(C2CC2)S(=O)(=O)c2ccccc2F)o1. The van der Waals surface area contributed by atoms with Crippen molar-refractivity contribution in [1.82, 2.24) is 4.31 Å². The van der Waals surface area contributed by atoms with Gasteiger partial charge < -0.3 is 4.42 Å². The van der Waals surface area contributed by atoms with E-state index in [-0.39, 0.29) is 17.5 Å². The Balaban J connectivity index is 1.95. The number of hydrogen-bond donors (Lipinski definition) is 0. The first-order valence-corrected chi connectivity index (χ1v) is 8.24. The highest BCUT2D eigenvalue weighted by Gasteiger charge is 2.39. The number of sulfonamides is 1. The molecule has 1 aliphatic rings. The number of aryl methyl sites for hydroxylation is 1. The molecule has 21 heavy (non-hydrogen) atoms. The van der Waals surface area contributed by atoms with E-state index >= 15 is 0 Å². The van der Waals surface area contributed by atoms with Gasteiger partial charge in [0.05, 0.1) is 6.54 Å². The predicted octanol–water partition coefficient (Wildman–Crippen LogP) is 3.08. The standard InChI is InChI=1S/C15H16FNO3S/c1-11-6-9-13(20-11)10-17(12-7-8-12)21(18,19)15-5-3-2-4-14(15)16/h2-6,9,12H,7-8,10H2,1H3. The molecular formula is C15H16FNO3S. The third-order valence-electron chi connectivity index (χ3n) is 3.49. The summed E-state index contributed by atoms with van der Waals surface area (Å²) in [5, 5.41) is 0. The van der Waals surface area contributed by atoms with Gasteiger partial charge in [-0.1, -0.05) is 12.1 Å². The topological polar surface area (TPSA) is 50.5 Å². The van der Waals surface area contributed by atoms with E-state index in [0.29, 0.717) is 5.76 Å². The second kappa shape index (κ2) is 5.27. The van der Waals surface area contributed by atoms with Gasteiger partial charge >= 0.3 is 0 Å². The summed E-state index contributed by atoms with van der Waals surface area (Å²) < 4.78 is 46.0. The third-order valence-corrected chi connectivity index (χ3v) is 5.42. The third kappa shape index (κ3) is 2.87. The summed E-state index contributed by atoms with van der Waals surface area (Å²) >= 11 is 0. The van der Waals surface area contributed by atoms with Crippen molar-refractivity contribution in [2.24, 2.45) is 0 Å². The van der Waals surface area contributed by atoms with E-state index in [2.05, 4.69) is 0 Å². The summed E-state index contributed by atoms with van der Waals surface area (Å²) in [6.07, 6.45) is 1.60. The van der Waals surface area contributed by atoms with Crippen molar-refractivity contribution in [2.45, 2.75) is 37.2 Å². The van der Waals surface area contributed by atoms with Crippen LogP contribution in [0.2, 0.25) is 0 Å². The Morgan fingerprint density at radius 3 is 2.52 bits per heavy atom. The molecule has 0 bridgehead atoms. The van der Waals surface area contributed by atoms with E-state index in [4.69, 9.17) is 4.42 Å². The molecule has 112 valence electrons. The highest BCUT2D eigenvalue weighted by molar-refractivity contribution is 7.89. The van der Waals surface area contributed by atoms with E-state index in [9.17, 15) is 12.8 Å². The van der Waals surface area contributed by atoms with Crippen molar-refractivity contribution < 1.29 is 17.2 Å². The first-order chi connectivity index (χ1) is 9.98. The summed E-state index contributed by atoms with van der Waals surface area (Å²) in [4.78, 5) is -0.278. The summed E-state index contributed by atoms with van der Waals surface area (Å²) in [6, 6.07) is 8.93. The van der Waals surface area contributed by atoms with Gasteiger partial charge in [-0.25, -0.2) is 12.8 Å². The van der Waals surface area contributed by atoms with Gasteiger partial charge in [0.15, 0.2) is 0 Å². The molecule has 2 aromatic rings. The van der Waals surface area contributed by atoms with Gasteiger partial charge in [-0.05, 0) is 44.0 Å². The molecule has 0 amide bonds. The quantitative estimate of drug-likeness (QED) is 0.853. The van der Waals surface area contributed by atoms with Crippen LogP contribution < -0.4 is 0 Å². The number of rotatable bonds is 5. The zero-order valence-electron chi connectivity index (χ0n) is 11.6. The Labute approximate surface area is 123 Å². The van der Waals surface area contributed by atoms with Crippen LogP contribution >= 0.6 is 0 Å². The number of benzene rings is 1. The molecule has 0 spiro atoms. The molecule has 1 aromatic carbocycles. The largest absolute Gasteiger partial charge is 0.465 e. The van der Waals surface area contributed by atoms with Gasteiger partial charge in [-0.15, -0.1) is 0 Å². The average Bonchev–Trinajstić information content (AvgIpc) is 3.19. The molecular weight excluding hydrogens is 293 g/mol. The van der Waals surface area contributed by atoms with E-state index in [1.165, 1.54) is 22.5 Å². The van der Waals surface area contributed by atoms with E-state index in [1.54, 1.807) is 19.1 Å². The molecule has 0 radical (unpaired) electrons. The lowest BCUT2D eigenvalue weighted by molar-refractivity contribution is 0.350. The van der Waals surface area contributed by atoms with Crippen molar-refractivity contribution in [3.8, 4) is 0 Å². The summed E-state index contributed by atoms with van der Waals surface area (Å²) in [5.41, 5.74) is 0. The minimum absolute atomic E-state index is 0.0694. The van der Waals surface area contributed by atoms with E-state index < -0.39 is 15.8 Å². The lowest BCUT2D eigenvalue weighted by Crippen LogP contribution is -2.33. The van der Waals surface area contributed by atoms with Crippen molar-refractivity contribution in [3.05, 3.63) is 53.7 Å². The van der Waals surface area contributed by atoms with Crippen LogP contribution in [0, 0.1) is 12.7 Å². The van der Waals surface area contributed by atoms with Gasteiger partial charge in [0, 0.05) is 6.04 Å². The van der Waals surface area contributed by atoms with Crippen LogP contribution in [0.3, 0.4) is 0 Å². The van der Waals surface area contributed by atoms with Gasteiger partial charge in [0.25, 0.3) is 0 Å². The van der Waals surface area contributed by atoms with Crippen LogP contribution in [0.5, 0.6) is 0 Å². The first-order valence-electron chi connectivity index (χ1n) is 6.80. The average molecular weight is 309 g/mol. The summed E-state index contributed by atoms with van der Waals surface area (Å²) in [6.45, 7) is 1.94. The highest BCUT2D eigenvalue weighted by atomic mass is 32.2. The Kier molecular flexibility index (Phi) is 3.59. The normalized spacial score (nSPS) is 15.6. The first kappa shape index (κ1) is 14.3. The fourth-order valence-corrected chi connectivity index (χ4v) is 3.99. The monoisotopic (exact) mass is 309 g/mol. The maximum atomic E-state index is 13.8. The molecule has 1 heterocycles. The van der Waals surface area contributed by atoms with Crippen LogP contribution in [-0.2, 0) is 16.6 Å². The zero-order chi connectivity index (χ0) is 15.0. The summed E-state index contributed by atoms with van der Waals surface area (Å²) in [7, 11) is -3.86. The Morgan fingerprint density at radius 1 is 1.24 bits per heavy atom. The van der Waals surface area contributed by atoms with Crippen LogP contribution in [0.25, 0.3) is 0 Å². The predicted molar refractivity (Wildman–Crippen MR) is 75.6 cm³/mol. The maximum Gasteiger partial charge on any atom is 0.246 e. The van der Waals surface area contributed by atoms with Crippen molar-refractivity contribution in [3.63, 3.8) is 0 Å². The second-order valence-electron chi connectivity index (χ2n) is 5.22. The molecule has 1 aliphatic carbocycles. The molecule has 0 atom stereocenters. The molecule has 0 aliphatic heterocycles. The fraction of sp³-hybridized carbons (Fsp3) is 0.333. The van der Waals surface area contributed by atoms with Gasteiger partial charge in [0.1, 0.15) is 22.2 Å². The van der Waals surface area contributed by atoms with Crippen molar-refractivity contribution >= 4 is 10.0 Å². The molecule has 0 N–H and O–H groups in total. The van der Waals surface area contributed by atoms with Gasteiger partial charge in [-0.2, -0.15) is 4.31 Å². The maximum absolute atomic E-state index is 13.8. The van der Waals surface area contributed by atoms with E-state index in [0.717, 1.165) is 24.7 Å². The molecule has 4 nitrogen and oxygen atoms in total. The molecule has 0 unspecified atom stereocenters. The minimum atomic E-state index is -3.86. The number of hydrogen-bond acceptors (Lipinski definition) is 3. The smallest absolute Gasteiger partial charge is 0.246 e. The number of furan rings is 1. The Hall–Kier alpha value is -1.66. The fourth-order valence-electron chi connectivity index (χ4n) is 2.28.